The number of anilines is 3. The number of amides is 1. The van der Waals surface area contributed by atoms with Gasteiger partial charge in [0.25, 0.3) is 5.91 Å². The zero-order chi connectivity index (χ0) is 32.8. The molecule has 1 amide bonds. The fourth-order valence-electron chi connectivity index (χ4n) is 4.75. The van der Waals surface area contributed by atoms with E-state index in [1.807, 2.05) is 26.0 Å². The van der Waals surface area contributed by atoms with Gasteiger partial charge in [0.15, 0.2) is 0 Å². The number of fused-ring (bicyclic) bond motifs is 1. The molecule has 5 rings (SSSR count). The summed E-state index contributed by atoms with van der Waals surface area (Å²) in [6.07, 6.45) is 4.01. The van der Waals surface area contributed by atoms with Gasteiger partial charge in [0.2, 0.25) is 5.95 Å². The lowest BCUT2D eigenvalue weighted by Gasteiger charge is -2.23. The summed E-state index contributed by atoms with van der Waals surface area (Å²) in [7, 11) is 7.29. The van der Waals surface area contributed by atoms with Gasteiger partial charge in [-0.2, -0.15) is 0 Å². The number of carbonyl (C=O) groups excluding carboxylic acids is 1. The molecule has 5 aromatic rings. The molecule has 0 saturated heterocycles. The van der Waals surface area contributed by atoms with Gasteiger partial charge >= 0.3 is 0 Å². The second kappa shape index (κ2) is 14.2. The first-order valence-electron chi connectivity index (χ1n) is 14.7. The van der Waals surface area contributed by atoms with Crippen LogP contribution < -0.4 is 15.4 Å². The Morgan fingerprint density at radius 3 is 2.72 bits per heavy atom. The lowest BCUT2D eigenvalue weighted by molar-refractivity contribution is -0.114. The van der Waals surface area contributed by atoms with Gasteiger partial charge in [0.05, 0.1) is 36.1 Å². The Morgan fingerprint density at radius 1 is 1.13 bits per heavy atom. The maximum absolute atomic E-state index is 15.3. The van der Waals surface area contributed by atoms with E-state index in [0.717, 1.165) is 6.54 Å². The topological polar surface area (TPSA) is 145 Å². The highest BCUT2D eigenvalue weighted by molar-refractivity contribution is 6.03. The van der Waals surface area contributed by atoms with Crippen molar-refractivity contribution in [1.82, 2.24) is 29.7 Å². The van der Waals surface area contributed by atoms with E-state index in [2.05, 4.69) is 32.2 Å². The fraction of sp³-hybridized carbons (Fsp3) is 0.273. The smallest absolute Gasteiger partial charge is 0.271 e. The number of H-pyrrole nitrogens is 1. The number of hydrogen-bond acceptors (Lipinski definition) is 10. The van der Waals surface area contributed by atoms with Gasteiger partial charge in [-0.05, 0) is 63.0 Å². The summed E-state index contributed by atoms with van der Waals surface area (Å²) in [5.74, 6) is 0.505. The molecule has 0 saturated carbocycles. The van der Waals surface area contributed by atoms with Gasteiger partial charge in [-0.1, -0.05) is 6.58 Å². The Labute approximate surface area is 265 Å². The highest BCUT2D eigenvalue weighted by atomic mass is 19.1. The first kappa shape index (κ1) is 32.1. The molecular formula is C33H37FN8O4. The number of aryl methyl sites for hydroxylation is 1. The van der Waals surface area contributed by atoms with Crippen LogP contribution in [0.3, 0.4) is 0 Å². The molecule has 0 fully saturated rings. The number of likely N-dealkylation sites (N-methyl/N-ethyl adjacent to an activating group) is 2. The largest absolute Gasteiger partial charge is 0.495 e. The van der Waals surface area contributed by atoms with Crippen LogP contribution >= 0.6 is 0 Å². The molecule has 3 heterocycles. The molecule has 0 spiro atoms. The summed E-state index contributed by atoms with van der Waals surface area (Å²) >= 11 is 0. The lowest BCUT2D eigenvalue weighted by atomic mass is 10.1. The number of furan rings is 1. The van der Waals surface area contributed by atoms with Crippen LogP contribution in [0, 0.1) is 5.82 Å². The van der Waals surface area contributed by atoms with E-state index in [4.69, 9.17) is 14.1 Å². The molecule has 0 unspecified atom stereocenters. The third kappa shape index (κ3) is 7.33. The van der Waals surface area contributed by atoms with Crippen molar-refractivity contribution in [3.8, 4) is 28.4 Å². The van der Waals surface area contributed by atoms with Crippen molar-refractivity contribution < 1.29 is 23.4 Å². The summed E-state index contributed by atoms with van der Waals surface area (Å²) < 4.78 is 26.4. The summed E-state index contributed by atoms with van der Waals surface area (Å²) in [6, 6.07) is 11.5. The van der Waals surface area contributed by atoms with E-state index in [0.29, 0.717) is 76.1 Å². The maximum atomic E-state index is 15.3. The van der Waals surface area contributed by atoms with Gasteiger partial charge in [-0.25, -0.2) is 19.3 Å². The number of hydrogen-bond donors (Lipinski definition) is 4. The molecule has 0 radical (unpaired) electrons. The molecular weight excluding hydrogens is 591 g/mol. The van der Waals surface area contributed by atoms with Crippen LogP contribution in [0.2, 0.25) is 0 Å². The van der Waals surface area contributed by atoms with E-state index in [-0.39, 0.29) is 24.0 Å². The molecule has 46 heavy (non-hydrogen) atoms. The molecule has 0 aliphatic heterocycles. The van der Waals surface area contributed by atoms with E-state index in [9.17, 15) is 9.90 Å². The number of carbonyl (C=O) groups is 1. The van der Waals surface area contributed by atoms with E-state index >= 15 is 4.39 Å². The van der Waals surface area contributed by atoms with Crippen molar-refractivity contribution in [2.24, 2.45) is 0 Å². The summed E-state index contributed by atoms with van der Waals surface area (Å²) in [4.78, 5) is 33.8. The predicted octanol–water partition coefficient (Wildman–Crippen LogP) is 5.04. The minimum atomic E-state index is -0.460. The van der Waals surface area contributed by atoms with Gasteiger partial charge < -0.3 is 39.7 Å². The zero-order valence-electron chi connectivity index (χ0n) is 26.2. The molecule has 0 aliphatic rings. The fourth-order valence-corrected chi connectivity index (χ4v) is 4.75. The minimum absolute atomic E-state index is 0.0116. The van der Waals surface area contributed by atoms with Gasteiger partial charge in [0, 0.05) is 56.0 Å². The quantitative estimate of drug-likeness (QED) is 0.123. The predicted molar refractivity (Wildman–Crippen MR) is 175 cm³/mol. The number of halogens is 1. The van der Waals surface area contributed by atoms with Gasteiger partial charge in [-0.3, -0.25) is 4.79 Å². The number of aromatic amines is 1. The summed E-state index contributed by atoms with van der Waals surface area (Å²) in [5, 5.41) is 16.1. The molecule has 240 valence electrons. The van der Waals surface area contributed by atoms with Crippen LogP contribution in [0.5, 0.6) is 5.75 Å². The molecule has 12 nitrogen and oxygen atoms in total. The van der Waals surface area contributed by atoms with Crippen molar-refractivity contribution in [3.63, 3.8) is 0 Å². The third-order valence-corrected chi connectivity index (χ3v) is 7.34. The van der Waals surface area contributed by atoms with E-state index < -0.39 is 5.82 Å². The van der Waals surface area contributed by atoms with Crippen LogP contribution in [0.4, 0.5) is 21.7 Å². The number of imidazole rings is 1. The first-order chi connectivity index (χ1) is 22.2. The number of methoxy groups -OCH3 is 1. The Bertz CT molecular complexity index is 1850. The number of rotatable bonds is 14. The Morgan fingerprint density at radius 2 is 1.96 bits per heavy atom. The highest BCUT2D eigenvalue weighted by Crippen LogP contribution is 2.35. The number of benzene rings is 2. The number of aromatic nitrogens is 4. The van der Waals surface area contributed by atoms with Crippen LogP contribution in [-0.2, 0) is 11.2 Å². The highest BCUT2D eigenvalue weighted by Gasteiger charge is 2.21. The Balaban J connectivity index is 1.43. The van der Waals surface area contributed by atoms with Crippen molar-refractivity contribution in [1.29, 1.82) is 0 Å². The zero-order valence-corrected chi connectivity index (χ0v) is 26.2. The number of nitrogens with one attached hydrogen (secondary N) is 3. The summed E-state index contributed by atoms with van der Waals surface area (Å²) in [5.41, 5.74) is 3.41. The Kier molecular flexibility index (Phi) is 9.94. The van der Waals surface area contributed by atoms with Gasteiger partial charge in [0.1, 0.15) is 28.7 Å². The average Bonchev–Trinajstić information content (AvgIpc) is 3.68. The molecule has 0 atom stereocenters. The van der Waals surface area contributed by atoms with Crippen molar-refractivity contribution in [3.05, 3.63) is 78.8 Å². The molecule has 3 aromatic heterocycles. The number of aliphatic hydroxyl groups is 1. The maximum Gasteiger partial charge on any atom is 0.271 e. The van der Waals surface area contributed by atoms with Crippen LogP contribution in [0.25, 0.3) is 33.6 Å². The monoisotopic (exact) mass is 628 g/mol. The van der Waals surface area contributed by atoms with Crippen molar-refractivity contribution >= 4 is 34.2 Å². The second-order valence-electron chi connectivity index (χ2n) is 11.0. The van der Waals surface area contributed by atoms with Crippen molar-refractivity contribution in [2.45, 2.75) is 12.8 Å². The van der Waals surface area contributed by atoms with E-state index in [1.165, 1.54) is 19.4 Å². The average molecular weight is 629 g/mol. The Hall–Kier alpha value is -5.27. The minimum Gasteiger partial charge on any atom is -0.495 e. The number of nitrogens with zero attached hydrogens (tertiary/aromatic N) is 5. The SMILES string of the molecule is C=C(C(=O)Nc1ccc(OC)c(Nc2nccc(-c3[nH]c(CCCO)nc3-c3cc4occc4cc3F)n2)c1)N(C)CCN(C)C. The van der Waals surface area contributed by atoms with Crippen molar-refractivity contribution in [2.75, 3.05) is 58.6 Å². The molecule has 4 N–H and O–H groups in total. The summed E-state index contributed by atoms with van der Waals surface area (Å²) in [6.45, 7) is 5.35. The number of ether oxygens (including phenoxy) is 1. The number of aliphatic hydroxyl groups excluding tert-OH is 1. The standard InChI is InChI=1S/C33H37FN8O4/c1-20(42(4)14-13-41(2)3)32(44)36-22-8-9-27(45-5)26(18-22)38-33-35-12-10-25(37-33)31-30(39-29(40-31)7-6-15-43)23-19-28-21(11-16-46-28)17-24(23)34/h8-12,16-19,43H,1,6-7,13-15H2,2-5H3,(H,36,44)(H,39,40)(H,35,37,38). The molecule has 2 aromatic carbocycles. The first-order valence-corrected chi connectivity index (χ1v) is 14.7. The second-order valence-corrected chi connectivity index (χ2v) is 11.0. The molecule has 0 aliphatic carbocycles. The molecule has 13 heteroatoms. The normalized spacial score (nSPS) is 11.2. The third-order valence-electron chi connectivity index (χ3n) is 7.34. The van der Waals surface area contributed by atoms with Gasteiger partial charge in [-0.15, -0.1) is 0 Å². The van der Waals surface area contributed by atoms with E-state index in [1.54, 1.807) is 47.5 Å². The van der Waals surface area contributed by atoms with Crippen LogP contribution in [0.15, 0.2) is 71.6 Å². The van der Waals surface area contributed by atoms with Crippen LogP contribution in [-0.4, -0.2) is 88.7 Å². The molecule has 0 bridgehead atoms. The lowest BCUT2D eigenvalue weighted by Crippen LogP contribution is -2.32. The van der Waals surface area contributed by atoms with Crippen LogP contribution in [0.1, 0.15) is 12.2 Å².